The van der Waals surface area contributed by atoms with Gasteiger partial charge in [0.05, 0.1) is 22.7 Å². The highest BCUT2D eigenvalue weighted by Crippen LogP contribution is 2.17. The van der Waals surface area contributed by atoms with Gasteiger partial charge in [-0.25, -0.2) is 8.42 Å². The van der Waals surface area contributed by atoms with E-state index in [2.05, 4.69) is 17.2 Å². The molecular weight excluding hydrogens is 378 g/mol. The first-order valence-corrected chi connectivity index (χ1v) is 10.0. The summed E-state index contributed by atoms with van der Waals surface area (Å²) in [6.07, 6.45) is 1.55. The van der Waals surface area contributed by atoms with Crippen molar-refractivity contribution in [1.29, 1.82) is 0 Å². The normalized spacial score (nSPS) is 11.1. The number of carbonyl (C=O) groups is 2. The Balaban J connectivity index is 2.11. The largest absolute Gasteiger partial charge is 0.349 e. The first kappa shape index (κ1) is 21.3. The summed E-state index contributed by atoms with van der Waals surface area (Å²) in [7, 11) is -2.47. The molecule has 0 aliphatic rings. The number of nitrogens with one attached hydrogen (secondary N) is 2. The zero-order valence-corrected chi connectivity index (χ0v) is 16.6. The minimum absolute atomic E-state index is 0.109. The van der Waals surface area contributed by atoms with Crippen molar-refractivity contribution < 1.29 is 18.0 Å². The molecule has 2 amide bonds. The summed E-state index contributed by atoms with van der Waals surface area (Å²) in [5, 5.41) is 5.24. The molecule has 0 aliphatic heterocycles. The van der Waals surface area contributed by atoms with E-state index >= 15 is 0 Å². The van der Waals surface area contributed by atoms with Crippen molar-refractivity contribution in [3.8, 4) is 0 Å². The van der Waals surface area contributed by atoms with E-state index in [4.69, 9.17) is 0 Å². The Kier molecular flexibility index (Phi) is 7.08. The Hall–Kier alpha value is -2.97. The maximum Gasteiger partial charge on any atom is 0.253 e. The molecule has 0 fully saturated rings. The van der Waals surface area contributed by atoms with Gasteiger partial charge in [-0.05, 0) is 31.2 Å². The third-order valence-corrected chi connectivity index (χ3v) is 5.77. The van der Waals surface area contributed by atoms with Crippen LogP contribution in [0.15, 0.2) is 66.1 Å². The predicted octanol–water partition coefficient (Wildman–Crippen LogP) is 2.17. The lowest BCUT2D eigenvalue weighted by Gasteiger charge is -2.18. The molecule has 0 saturated heterocycles. The average Bonchev–Trinajstić information content (AvgIpc) is 2.66. The number of hydrogen-bond donors (Lipinski definition) is 2. The molecule has 0 spiro atoms. The molecule has 0 bridgehead atoms. The summed E-state index contributed by atoms with van der Waals surface area (Å²) in [5.74, 6) is -0.918. The number of amides is 2. The monoisotopic (exact) mass is 401 g/mol. The van der Waals surface area contributed by atoms with Gasteiger partial charge in [-0.2, -0.15) is 4.31 Å². The van der Waals surface area contributed by atoms with Gasteiger partial charge in [-0.15, -0.1) is 6.58 Å². The number of benzene rings is 2. The molecule has 0 aliphatic carbocycles. The fourth-order valence-corrected chi connectivity index (χ4v) is 3.54. The van der Waals surface area contributed by atoms with E-state index in [1.807, 2.05) is 6.92 Å². The number of rotatable bonds is 8. The standard InChI is InChI=1S/C20H23N3O4S/c1-4-13-21-20(25)17-7-5-6-8-18(17)22-19(24)14-23(3)28(26,27)16-11-9-15(2)10-12-16/h4-12H,1,13-14H2,2-3H3,(H,21,25)(H,22,24). The molecule has 0 saturated carbocycles. The van der Waals surface area contributed by atoms with Crippen molar-refractivity contribution in [2.45, 2.75) is 11.8 Å². The van der Waals surface area contributed by atoms with Gasteiger partial charge in [0.25, 0.3) is 5.91 Å². The smallest absolute Gasteiger partial charge is 0.253 e. The van der Waals surface area contributed by atoms with E-state index in [9.17, 15) is 18.0 Å². The summed E-state index contributed by atoms with van der Waals surface area (Å²) in [5.41, 5.74) is 1.52. The van der Waals surface area contributed by atoms with Crippen molar-refractivity contribution in [2.75, 3.05) is 25.5 Å². The Labute approximate surface area is 165 Å². The highest BCUT2D eigenvalue weighted by atomic mass is 32.2. The number of para-hydroxylation sites is 1. The van der Waals surface area contributed by atoms with Crippen LogP contribution in [0, 0.1) is 6.92 Å². The van der Waals surface area contributed by atoms with E-state index < -0.39 is 22.5 Å². The number of anilines is 1. The molecule has 8 heteroatoms. The van der Waals surface area contributed by atoms with Gasteiger partial charge in [0.15, 0.2) is 0 Å². The van der Waals surface area contributed by atoms with Gasteiger partial charge in [0.1, 0.15) is 0 Å². The zero-order valence-electron chi connectivity index (χ0n) is 15.8. The molecular formula is C20H23N3O4S. The molecule has 0 radical (unpaired) electrons. The van der Waals surface area contributed by atoms with Crippen molar-refractivity contribution in [1.82, 2.24) is 9.62 Å². The summed E-state index contributed by atoms with van der Waals surface area (Å²) >= 11 is 0. The lowest BCUT2D eigenvalue weighted by Crippen LogP contribution is -2.35. The van der Waals surface area contributed by atoms with Crippen LogP contribution >= 0.6 is 0 Å². The quantitative estimate of drug-likeness (QED) is 0.663. The van der Waals surface area contributed by atoms with Crippen LogP contribution in [0.1, 0.15) is 15.9 Å². The van der Waals surface area contributed by atoms with Crippen molar-refractivity contribution >= 4 is 27.5 Å². The van der Waals surface area contributed by atoms with E-state index in [1.165, 1.54) is 19.2 Å². The zero-order chi connectivity index (χ0) is 20.7. The first-order valence-electron chi connectivity index (χ1n) is 8.56. The SMILES string of the molecule is C=CCNC(=O)c1ccccc1NC(=O)CN(C)S(=O)(=O)c1ccc(C)cc1. The molecule has 0 unspecified atom stereocenters. The van der Waals surface area contributed by atoms with E-state index in [-0.39, 0.29) is 16.4 Å². The van der Waals surface area contributed by atoms with Crippen LogP contribution in [-0.2, 0) is 14.8 Å². The van der Waals surface area contributed by atoms with Gasteiger partial charge in [-0.1, -0.05) is 35.9 Å². The summed E-state index contributed by atoms with van der Waals surface area (Å²) < 4.78 is 26.2. The third-order valence-electron chi connectivity index (χ3n) is 3.95. The highest BCUT2D eigenvalue weighted by molar-refractivity contribution is 7.89. The Morgan fingerprint density at radius 2 is 1.75 bits per heavy atom. The number of hydrogen-bond acceptors (Lipinski definition) is 4. The maximum absolute atomic E-state index is 12.6. The summed E-state index contributed by atoms with van der Waals surface area (Å²) in [6, 6.07) is 12.9. The minimum Gasteiger partial charge on any atom is -0.349 e. The summed E-state index contributed by atoms with van der Waals surface area (Å²) in [6.45, 7) is 5.29. The second-order valence-corrected chi connectivity index (χ2v) is 8.21. The molecule has 148 valence electrons. The average molecular weight is 401 g/mol. The maximum atomic E-state index is 12.6. The summed E-state index contributed by atoms with van der Waals surface area (Å²) in [4.78, 5) is 24.7. The van der Waals surface area contributed by atoms with Crippen LogP contribution in [0.3, 0.4) is 0 Å². The second-order valence-electron chi connectivity index (χ2n) is 6.17. The van der Waals surface area contributed by atoms with Crippen molar-refractivity contribution in [3.05, 3.63) is 72.3 Å². The number of likely N-dealkylation sites (N-methyl/N-ethyl adjacent to an activating group) is 1. The number of carbonyl (C=O) groups excluding carboxylic acids is 2. The van der Waals surface area contributed by atoms with Crippen molar-refractivity contribution in [2.24, 2.45) is 0 Å². The van der Waals surface area contributed by atoms with Gasteiger partial charge in [0, 0.05) is 13.6 Å². The lowest BCUT2D eigenvalue weighted by molar-refractivity contribution is -0.116. The van der Waals surface area contributed by atoms with E-state index in [0.717, 1.165) is 9.87 Å². The van der Waals surface area contributed by atoms with Crippen molar-refractivity contribution in [3.63, 3.8) is 0 Å². The number of aryl methyl sites for hydroxylation is 1. The molecule has 2 rings (SSSR count). The molecule has 0 atom stereocenters. The van der Waals surface area contributed by atoms with E-state index in [1.54, 1.807) is 42.5 Å². The topological polar surface area (TPSA) is 95.6 Å². The molecule has 28 heavy (non-hydrogen) atoms. The molecule has 0 heterocycles. The van der Waals surface area contributed by atoms with Gasteiger partial charge >= 0.3 is 0 Å². The fourth-order valence-electron chi connectivity index (χ4n) is 2.42. The van der Waals surface area contributed by atoms with Crippen LogP contribution in [0.2, 0.25) is 0 Å². The first-order chi connectivity index (χ1) is 13.3. The van der Waals surface area contributed by atoms with Crippen LogP contribution in [0.4, 0.5) is 5.69 Å². The fraction of sp³-hybridized carbons (Fsp3) is 0.200. The van der Waals surface area contributed by atoms with Crippen LogP contribution in [0.5, 0.6) is 0 Å². The Morgan fingerprint density at radius 3 is 2.39 bits per heavy atom. The number of sulfonamides is 1. The molecule has 2 aromatic rings. The van der Waals surface area contributed by atoms with E-state index in [0.29, 0.717) is 12.2 Å². The van der Waals surface area contributed by atoms with Gasteiger partial charge in [0.2, 0.25) is 15.9 Å². The Morgan fingerprint density at radius 1 is 1.11 bits per heavy atom. The number of nitrogens with zero attached hydrogens (tertiary/aromatic N) is 1. The Bertz CT molecular complexity index is 969. The van der Waals surface area contributed by atoms with Crippen LogP contribution in [-0.4, -0.2) is 44.7 Å². The lowest BCUT2D eigenvalue weighted by atomic mass is 10.1. The van der Waals surface area contributed by atoms with Crippen LogP contribution in [0.25, 0.3) is 0 Å². The minimum atomic E-state index is -3.80. The third kappa shape index (κ3) is 5.28. The van der Waals surface area contributed by atoms with Gasteiger partial charge < -0.3 is 10.6 Å². The predicted molar refractivity (Wildman–Crippen MR) is 109 cm³/mol. The molecule has 2 N–H and O–H groups in total. The molecule has 2 aromatic carbocycles. The van der Waals surface area contributed by atoms with Gasteiger partial charge in [-0.3, -0.25) is 9.59 Å². The molecule has 0 aromatic heterocycles. The second kappa shape index (κ2) is 9.29. The van der Waals surface area contributed by atoms with Crippen LogP contribution < -0.4 is 10.6 Å². The molecule has 7 nitrogen and oxygen atoms in total. The highest BCUT2D eigenvalue weighted by Gasteiger charge is 2.23.